The molecule has 0 amide bonds. The molecule has 1 aliphatic heterocycles. The summed E-state index contributed by atoms with van der Waals surface area (Å²) in [6.07, 6.45) is 5.94. The summed E-state index contributed by atoms with van der Waals surface area (Å²) < 4.78 is 0. The highest BCUT2D eigenvalue weighted by atomic mass is 35.5. The molecule has 0 aliphatic carbocycles. The van der Waals surface area contributed by atoms with Crippen molar-refractivity contribution >= 4 is 30.1 Å². The van der Waals surface area contributed by atoms with Gasteiger partial charge in [-0.3, -0.25) is 5.10 Å². The minimum absolute atomic E-state index is 0. The van der Waals surface area contributed by atoms with Crippen LogP contribution in [0.15, 0.2) is 67.0 Å². The summed E-state index contributed by atoms with van der Waals surface area (Å²) in [4.78, 5) is 10.5. The molecule has 0 spiro atoms. The average molecular weight is 424 g/mol. The third-order valence-electron chi connectivity index (χ3n) is 4.86. The van der Waals surface area contributed by atoms with Gasteiger partial charge in [-0.1, -0.05) is 48.0 Å². The van der Waals surface area contributed by atoms with Crippen LogP contribution in [0.2, 0.25) is 5.02 Å². The highest BCUT2D eigenvalue weighted by Crippen LogP contribution is 2.27. The lowest BCUT2D eigenvalue weighted by Gasteiger charge is -2.21. The van der Waals surface area contributed by atoms with Crippen LogP contribution in [0.5, 0.6) is 0 Å². The van der Waals surface area contributed by atoms with Crippen LogP contribution < -0.4 is 0 Å². The lowest BCUT2D eigenvalue weighted by molar-refractivity contribution is 0.351. The molecule has 0 saturated carbocycles. The Kier molecular flexibility index (Phi) is 5.43. The second kappa shape index (κ2) is 8.15. The minimum Gasteiger partial charge on any atom is -0.366 e. The maximum Gasteiger partial charge on any atom is 0.138 e. The van der Waals surface area contributed by atoms with Crippen molar-refractivity contribution in [3.63, 3.8) is 0 Å². The SMILES string of the molecule is Cl.Clc1cccc(-c2ccc(-c3nc4c([nH]3)C=CN(Cc3ccn[nH]3)C4)cc2)c1. The Balaban J connectivity index is 0.00000205. The van der Waals surface area contributed by atoms with Crippen LogP contribution in [0.3, 0.4) is 0 Å². The quantitative estimate of drug-likeness (QED) is 0.453. The Morgan fingerprint density at radius 3 is 2.59 bits per heavy atom. The van der Waals surface area contributed by atoms with Crippen molar-refractivity contribution in [2.45, 2.75) is 13.1 Å². The number of nitrogens with zero attached hydrogens (tertiary/aromatic N) is 3. The van der Waals surface area contributed by atoms with Gasteiger partial charge in [-0.2, -0.15) is 5.10 Å². The molecular formula is C22H19Cl2N5. The number of benzene rings is 2. The highest BCUT2D eigenvalue weighted by molar-refractivity contribution is 6.30. The number of hydrogen-bond acceptors (Lipinski definition) is 3. The standard InChI is InChI=1S/C22H18ClN5.ClH/c23-18-3-1-2-17(12-18)15-4-6-16(7-5-15)22-25-20-9-11-28(14-21(20)26-22)13-19-8-10-24-27-19;/h1-12H,13-14H2,(H,24,27)(H,25,26);1H. The molecular weight excluding hydrogens is 405 g/mol. The molecule has 0 radical (unpaired) electrons. The predicted molar refractivity (Wildman–Crippen MR) is 119 cm³/mol. The third-order valence-corrected chi connectivity index (χ3v) is 5.10. The van der Waals surface area contributed by atoms with Crippen molar-refractivity contribution in [3.05, 3.63) is 89.1 Å². The van der Waals surface area contributed by atoms with E-state index in [0.29, 0.717) is 0 Å². The van der Waals surface area contributed by atoms with E-state index in [-0.39, 0.29) is 12.4 Å². The summed E-state index contributed by atoms with van der Waals surface area (Å²) in [5.41, 5.74) is 6.50. The molecule has 0 unspecified atom stereocenters. The number of aromatic nitrogens is 4. The van der Waals surface area contributed by atoms with Gasteiger partial charge in [-0.25, -0.2) is 4.98 Å². The van der Waals surface area contributed by atoms with Gasteiger partial charge in [0.1, 0.15) is 5.82 Å². The number of nitrogens with one attached hydrogen (secondary N) is 2. The van der Waals surface area contributed by atoms with E-state index in [2.05, 4.69) is 62.7 Å². The molecule has 1 aliphatic rings. The Bertz CT molecular complexity index is 1130. The Morgan fingerprint density at radius 2 is 1.83 bits per heavy atom. The van der Waals surface area contributed by atoms with Gasteiger partial charge >= 0.3 is 0 Å². The minimum atomic E-state index is 0. The van der Waals surface area contributed by atoms with Crippen LogP contribution in [-0.2, 0) is 13.1 Å². The number of halogens is 2. The molecule has 0 fully saturated rings. The van der Waals surface area contributed by atoms with E-state index in [0.717, 1.165) is 57.7 Å². The lowest BCUT2D eigenvalue weighted by Crippen LogP contribution is -2.19. The zero-order chi connectivity index (χ0) is 18.9. The summed E-state index contributed by atoms with van der Waals surface area (Å²) in [5, 5.41) is 7.75. The van der Waals surface area contributed by atoms with E-state index in [1.165, 1.54) is 0 Å². The van der Waals surface area contributed by atoms with E-state index >= 15 is 0 Å². The first kappa shape index (κ1) is 19.3. The van der Waals surface area contributed by atoms with Gasteiger partial charge in [-0.05, 0) is 35.4 Å². The summed E-state index contributed by atoms with van der Waals surface area (Å²) in [5.74, 6) is 0.885. The fourth-order valence-electron chi connectivity index (χ4n) is 3.43. The van der Waals surface area contributed by atoms with Crippen molar-refractivity contribution in [1.82, 2.24) is 25.1 Å². The average Bonchev–Trinajstić information content (AvgIpc) is 3.37. The molecule has 2 aromatic heterocycles. The van der Waals surface area contributed by atoms with E-state index in [1.807, 2.05) is 24.3 Å². The zero-order valence-electron chi connectivity index (χ0n) is 15.5. The summed E-state index contributed by atoms with van der Waals surface area (Å²) in [6.45, 7) is 1.55. The summed E-state index contributed by atoms with van der Waals surface area (Å²) in [7, 11) is 0. The number of aromatic amines is 2. The second-order valence-corrected chi connectivity index (χ2v) is 7.27. The molecule has 5 nitrogen and oxygen atoms in total. The van der Waals surface area contributed by atoms with Crippen molar-refractivity contribution in [2.75, 3.05) is 0 Å². The van der Waals surface area contributed by atoms with Gasteiger partial charge in [0.15, 0.2) is 0 Å². The van der Waals surface area contributed by atoms with Crippen molar-refractivity contribution < 1.29 is 0 Å². The maximum absolute atomic E-state index is 6.11. The topological polar surface area (TPSA) is 60.6 Å². The fourth-order valence-corrected chi connectivity index (χ4v) is 3.62. The van der Waals surface area contributed by atoms with Crippen LogP contribution in [0.1, 0.15) is 17.1 Å². The smallest absolute Gasteiger partial charge is 0.138 e. The van der Waals surface area contributed by atoms with E-state index in [9.17, 15) is 0 Å². The molecule has 5 rings (SSSR count). The van der Waals surface area contributed by atoms with Crippen LogP contribution >= 0.6 is 24.0 Å². The fraction of sp³-hybridized carbons (Fsp3) is 0.0909. The second-order valence-electron chi connectivity index (χ2n) is 6.84. The number of rotatable bonds is 4. The molecule has 146 valence electrons. The van der Waals surface area contributed by atoms with Crippen LogP contribution in [0, 0.1) is 0 Å². The molecule has 0 saturated heterocycles. The molecule has 2 aromatic carbocycles. The summed E-state index contributed by atoms with van der Waals surface area (Å²) >= 11 is 6.11. The molecule has 3 heterocycles. The highest BCUT2D eigenvalue weighted by Gasteiger charge is 2.16. The molecule has 29 heavy (non-hydrogen) atoms. The zero-order valence-corrected chi connectivity index (χ0v) is 17.0. The molecule has 0 atom stereocenters. The largest absolute Gasteiger partial charge is 0.366 e. The first-order chi connectivity index (χ1) is 13.7. The van der Waals surface area contributed by atoms with Crippen LogP contribution in [0.4, 0.5) is 0 Å². The first-order valence-corrected chi connectivity index (χ1v) is 9.48. The number of hydrogen-bond donors (Lipinski definition) is 2. The first-order valence-electron chi connectivity index (χ1n) is 9.10. The van der Waals surface area contributed by atoms with Gasteiger partial charge < -0.3 is 9.88 Å². The molecule has 2 N–H and O–H groups in total. The third kappa shape index (κ3) is 4.06. The monoisotopic (exact) mass is 423 g/mol. The van der Waals surface area contributed by atoms with Gasteiger partial charge in [0.25, 0.3) is 0 Å². The molecule has 4 aromatic rings. The van der Waals surface area contributed by atoms with Crippen molar-refractivity contribution in [2.24, 2.45) is 0 Å². The van der Waals surface area contributed by atoms with Crippen molar-refractivity contribution in [1.29, 1.82) is 0 Å². The Morgan fingerprint density at radius 1 is 1.00 bits per heavy atom. The maximum atomic E-state index is 6.11. The van der Waals surface area contributed by atoms with E-state index < -0.39 is 0 Å². The Hall–Kier alpha value is -3.02. The Labute approximate surface area is 179 Å². The van der Waals surface area contributed by atoms with Crippen LogP contribution in [0.25, 0.3) is 28.6 Å². The normalized spacial score (nSPS) is 12.5. The number of H-pyrrole nitrogens is 2. The summed E-state index contributed by atoms with van der Waals surface area (Å²) in [6, 6.07) is 18.3. The lowest BCUT2D eigenvalue weighted by atomic mass is 10.0. The van der Waals surface area contributed by atoms with Gasteiger partial charge in [0.05, 0.1) is 30.2 Å². The van der Waals surface area contributed by atoms with Gasteiger partial charge in [-0.15, -0.1) is 12.4 Å². The van der Waals surface area contributed by atoms with Gasteiger partial charge in [0, 0.05) is 23.0 Å². The molecule has 0 bridgehead atoms. The van der Waals surface area contributed by atoms with Gasteiger partial charge in [0.2, 0.25) is 0 Å². The number of fused-ring (bicyclic) bond motifs is 1. The molecule has 7 heteroatoms. The number of imidazole rings is 1. The van der Waals surface area contributed by atoms with Crippen molar-refractivity contribution in [3.8, 4) is 22.5 Å². The van der Waals surface area contributed by atoms with Crippen LogP contribution in [-0.4, -0.2) is 25.1 Å². The van der Waals surface area contributed by atoms with E-state index in [1.54, 1.807) is 6.20 Å². The predicted octanol–water partition coefficient (Wildman–Crippen LogP) is 5.53. The van der Waals surface area contributed by atoms with E-state index in [4.69, 9.17) is 16.6 Å².